The summed E-state index contributed by atoms with van der Waals surface area (Å²) in [5.74, 6) is -0.350. The fourth-order valence-electron chi connectivity index (χ4n) is 2.36. The highest BCUT2D eigenvalue weighted by Crippen LogP contribution is 2.48. The summed E-state index contributed by atoms with van der Waals surface area (Å²) in [5.41, 5.74) is -0.398. The Labute approximate surface area is 122 Å². The number of aliphatic hydroxyl groups is 1. The van der Waals surface area contributed by atoms with Gasteiger partial charge in [0.15, 0.2) is 5.56 Å². The van der Waals surface area contributed by atoms with E-state index in [4.69, 9.17) is 9.84 Å². The third-order valence-electron chi connectivity index (χ3n) is 3.87. The van der Waals surface area contributed by atoms with Crippen LogP contribution in [0.25, 0.3) is 0 Å². The Bertz CT molecular complexity index is 554. The molecule has 0 heterocycles. The van der Waals surface area contributed by atoms with E-state index in [0.29, 0.717) is 13.0 Å². The number of nitro groups is 1. The van der Waals surface area contributed by atoms with E-state index in [1.165, 1.54) is 25.3 Å². The first-order valence-corrected chi connectivity index (χ1v) is 6.73. The molecule has 1 amide bonds. The van der Waals surface area contributed by atoms with Gasteiger partial charge in [0, 0.05) is 19.2 Å². The number of carbonyl (C=O) groups is 1. The van der Waals surface area contributed by atoms with Crippen molar-refractivity contribution in [2.45, 2.75) is 19.3 Å². The average molecular weight is 294 g/mol. The van der Waals surface area contributed by atoms with Crippen LogP contribution < -0.4 is 10.1 Å². The van der Waals surface area contributed by atoms with E-state index < -0.39 is 10.8 Å². The summed E-state index contributed by atoms with van der Waals surface area (Å²) in [6.45, 7) is 0.478. The molecule has 21 heavy (non-hydrogen) atoms. The van der Waals surface area contributed by atoms with Gasteiger partial charge >= 0.3 is 0 Å². The normalized spacial score (nSPS) is 15.3. The molecule has 1 aromatic carbocycles. The van der Waals surface area contributed by atoms with Crippen molar-refractivity contribution < 1.29 is 19.6 Å². The number of ether oxygens (including phenoxy) is 1. The van der Waals surface area contributed by atoms with Crippen LogP contribution in [0.2, 0.25) is 0 Å². The number of methoxy groups -OCH3 is 1. The van der Waals surface area contributed by atoms with E-state index in [0.717, 1.165) is 12.8 Å². The van der Waals surface area contributed by atoms with Crippen LogP contribution in [0.4, 0.5) is 5.69 Å². The van der Waals surface area contributed by atoms with Gasteiger partial charge in [0.05, 0.1) is 12.0 Å². The molecule has 0 radical (unpaired) electrons. The number of hydrogen-bond donors (Lipinski definition) is 2. The number of carbonyl (C=O) groups excluding carboxylic acids is 1. The van der Waals surface area contributed by atoms with Gasteiger partial charge in [0.25, 0.3) is 11.6 Å². The van der Waals surface area contributed by atoms with Gasteiger partial charge in [-0.05, 0) is 30.7 Å². The van der Waals surface area contributed by atoms with Gasteiger partial charge in [-0.15, -0.1) is 0 Å². The van der Waals surface area contributed by atoms with Crippen molar-refractivity contribution in [2.24, 2.45) is 5.41 Å². The SMILES string of the molecule is COc1cccc([N+](=O)[O-])c1C(=O)NCC1(CCO)CC1. The van der Waals surface area contributed by atoms with Gasteiger partial charge in [0.1, 0.15) is 5.75 Å². The van der Waals surface area contributed by atoms with Crippen LogP contribution in [0.1, 0.15) is 29.6 Å². The summed E-state index contributed by atoms with van der Waals surface area (Å²) in [4.78, 5) is 22.7. The van der Waals surface area contributed by atoms with Crippen molar-refractivity contribution in [3.8, 4) is 5.75 Å². The van der Waals surface area contributed by atoms with Crippen molar-refractivity contribution in [2.75, 3.05) is 20.3 Å². The molecule has 0 spiro atoms. The lowest BCUT2D eigenvalue weighted by Gasteiger charge is -2.15. The quantitative estimate of drug-likeness (QED) is 0.586. The number of nitrogens with one attached hydrogen (secondary N) is 1. The number of rotatable bonds is 7. The van der Waals surface area contributed by atoms with Gasteiger partial charge in [-0.2, -0.15) is 0 Å². The minimum absolute atomic E-state index is 0.0544. The summed E-state index contributed by atoms with van der Waals surface area (Å²) >= 11 is 0. The smallest absolute Gasteiger partial charge is 0.285 e. The van der Waals surface area contributed by atoms with E-state index in [-0.39, 0.29) is 29.0 Å². The summed E-state index contributed by atoms with van der Waals surface area (Å²) in [5, 5.41) is 22.8. The second-order valence-corrected chi connectivity index (χ2v) is 5.27. The van der Waals surface area contributed by atoms with Gasteiger partial charge in [-0.1, -0.05) is 6.07 Å². The van der Waals surface area contributed by atoms with Crippen molar-refractivity contribution >= 4 is 11.6 Å². The molecule has 0 aromatic heterocycles. The lowest BCUT2D eigenvalue weighted by molar-refractivity contribution is -0.385. The fourth-order valence-corrected chi connectivity index (χ4v) is 2.36. The lowest BCUT2D eigenvalue weighted by Crippen LogP contribution is -2.31. The van der Waals surface area contributed by atoms with E-state index >= 15 is 0 Å². The molecule has 1 aliphatic rings. The first-order chi connectivity index (χ1) is 10.0. The van der Waals surface area contributed by atoms with Crippen LogP contribution in [-0.4, -0.2) is 36.2 Å². The number of aliphatic hydroxyl groups excluding tert-OH is 1. The number of amides is 1. The van der Waals surface area contributed by atoms with E-state index in [9.17, 15) is 14.9 Å². The van der Waals surface area contributed by atoms with Gasteiger partial charge in [-0.25, -0.2) is 0 Å². The first-order valence-electron chi connectivity index (χ1n) is 6.73. The van der Waals surface area contributed by atoms with Crippen molar-refractivity contribution in [1.29, 1.82) is 0 Å². The molecular weight excluding hydrogens is 276 g/mol. The van der Waals surface area contributed by atoms with E-state index in [1.54, 1.807) is 0 Å². The predicted molar refractivity (Wildman–Crippen MR) is 75.4 cm³/mol. The van der Waals surface area contributed by atoms with Crippen LogP contribution >= 0.6 is 0 Å². The standard InChI is InChI=1S/C14H18N2O5/c1-21-11-4-2-3-10(16(19)20)12(11)13(18)15-9-14(5-6-14)7-8-17/h2-4,17H,5-9H2,1H3,(H,15,18). The fraction of sp³-hybridized carbons (Fsp3) is 0.500. The summed E-state index contributed by atoms with van der Waals surface area (Å²) < 4.78 is 5.05. The van der Waals surface area contributed by atoms with Crippen molar-refractivity contribution in [3.05, 3.63) is 33.9 Å². The number of hydrogen-bond acceptors (Lipinski definition) is 5. The largest absolute Gasteiger partial charge is 0.496 e. The van der Waals surface area contributed by atoms with Gasteiger partial charge in [0.2, 0.25) is 0 Å². The molecule has 2 N–H and O–H groups in total. The predicted octanol–water partition coefficient (Wildman–Crippen LogP) is 1.50. The van der Waals surface area contributed by atoms with Crippen LogP contribution in [0.3, 0.4) is 0 Å². The minimum atomic E-state index is -0.599. The van der Waals surface area contributed by atoms with E-state index in [2.05, 4.69) is 5.32 Å². The first kappa shape index (κ1) is 15.2. The molecule has 7 nitrogen and oxygen atoms in total. The Morgan fingerprint density at radius 2 is 2.24 bits per heavy atom. The summed E-state index contributed by atoms with van der Waals surface area (Å²) in [6, 6.07) is 4.27. The van der Waals surface area contributed by atoms with Crippen LogP contribution in [0.15, 0.2) is 18.2 Å². The van der Waals surface area contributed by atoms with Crippen LogP contribution in [0.5, 0.6) is 5.75 Å². The molecule has 0 aliphatic heterocycles. The second-order valence-electron chi connectivity index (χ2n) is 5.27. The molecule has 0 bridgehead atoms. The second kappa shape index (κ2) is 6.09. The number of nitro benzene ring substituents is 1. The summed E-state index contributed by atoms with van der Waals surface area (Å²) in [6.07, 6.45) is 2.52. The van der Waals surface area contributed by atoms with Crippen LogP contribution in [-0.2, 0) is 0 Å². The Morgan fingerprint density at radius 3 is 2.76 bits per heavy atom. The molecule has 1 saturated carbocycles. The van der Waals surface area contributed by atoms with Crippen molar-refractivity contribution in [3.63, 3.8) is 0 Å². The Kier molecular flexibility index (Phi) is 4.42. The highest BCUT2D eigenvalue weighted by molar-refractivity contribution is 6.00. The Hall–Kier alpha value is -2.15. The highest BCUT2D eigenvalue weighted by atomic mass is 16.6. The minimum Gasteiger partial charge on any atom is -0.496 e. The lowest BCUT2D eigenvalue weighted by atomic mass is 10.0. The molecule has 114 valence electrons. The molecular formula is C14H18N2O5. The Morgan fingerprint density at radius 1 is 1.52 bits per heavy atom. The third-order valence-corrected chi connectivity index (χ3v) is 3.87. The molecule has 0 saturated heterocycles. The maximum absolute atomic E-state index is 12.3. The average Bonchev–Trinajstić information content (AvgIpc) is 3.24. The zero-order valence-corrected chi connectivity index (χ0v) is 11.8. The zero-order valence-electron chi connectivity index (χ0n) is 11.8. The highest BCUT2D eigenvalue weighted by Gasteiger charge is 2.42. The van der Waals surface area contributed by atoms with E-state index in [1.807, 2.05) is 0 Å². The van der Waals surface area contributed by atoms with Gasteiger partial charge in [-0.3, -0.25) is 14.9 Å². The topological polar surface area (TPSA) is 102 Å². The number of benzene rings is 1. The molecule has 0 atom stereocenters. The van der Waals surface area contributed by atoms with Crippen molar-refractivity contribution in [1.82, 2.24) is 5.32 Å². The molecule has 0 unspecified atom stereocenters. The monoisotopic (exact) mass is 294 g/mol. The Balaban J connectivity index is 2.16. The number of nitrogens with zero attached hydrogens (tertiary/aromatic N) is 1. The summed E-state index contributed by atoms with van der Waals surface area (Å²) in [7, 11) is 1.37. The molecule has 7 heteroatoms. The third kappa shape index (κ3) is 3.30. The maximum Gasteiger partial charge on any atom is 0.285 e. The molecule has 1 fully saturated rings. The van der Waals surface area contributed by atoms with Crippen LogP contribution in [0, 0.1) is 15.5 Å². The molecule has 1 aromatic rings. The zero-order chi connectivity index (χ0) is 15.5. The van der Waals surface area contributed by atoms with Gasteiger partial charge < -0.3 is 15.2 Å². The maximum atomic E-state index is 12.3. The molecule has 2 rings (SSSR count). The molecule has 1 aliphatic carbocycles.